The van der Waals surface area contributed by atoms with E-state index in [1.165, 1.54) is 0 Å². The third kappa shape index (κ3) is 3.94. The third-order valence-corrected chi connectivity index (χ3v) is 5.79. The Balaban J connectivity index is 1.82. The van der Waals surface area contributed by atoms with Crippen LogP contribution in [0.2, 0.25) is 0 Å². The van der Waals surface area contributed by atoms with Crippen LogP contribution in [0.25, 0.3) is 10.9 Å². The average molecular weight is 407 g/mol. The standard InChI is InChI=1S/C23H25N3O4/c1-24-9-11-25(12-10-24)21(23(29)30)19-15-26(14-16-5-3-2-4-6-16)20-13-17(22(27)28)7-8-18(19)20/h2-8,13,15,21H,9-12,14H2,1H3,(H,27,28)(H,29,30)/t21-/m0/s1. The lowest BCUT2D eigenvalue weighted by atomic mass is 10.0. The van der Waals surface area contributed by atoms with Gasteiger partial charge in [-0.1, -0.05) is 36.4 Å². The van der Waals surface area contributed by atoms with Gasteiger partial charge in [-0.3, -0.25) is 9.69 Å². The predicted molar refractivity (Wildman–Crippen MR) is 114 cm³/mol. The first-order valence-corrected chi connectivity index (χ1v) is 9.99. The first-order valence-electron chi connectivity index (χ1n) is 9.99. The van der Waals surface area contributed by atoms with Crippen LogP contribution >= 0.6 is 0 Å². The van der Waals surface area contributed by atoms with E-state index in [-0.39, 0.29) is 5.56 Å². The largest absolute Gasteiger partial charge is 0.480 e. The highest BCUT2D eigenvalue weighted by atomic mass is 16.4. The number of nitrogens with zero attached hydrogens (tertiary/aromatic N) is 3. The Bertz CT molecular complexity index is 1070. The fraction of sp³-hybridized carbons (Fsp3) is 0.304. The molecule has 7 nitrogen and oxygen atoms in total. The van der Waals surface area contributed by atoms with Crippen LogP contribution in [0.3, 0.4) is 0 Å². The van der Waals surface area contributed by atoms with Crippen molar-refractivity contribution in [3.8, 4) is 0 Å². The second-order valence-corrected chi connectivity index (χ2v) is 7.82. The van der Waals surface area contributed by atoms with Crippen molar-refractivity contribution in [2.24, 2.45) is 0 Å². The Morgan fingerprint density at radius 1 is 1.00 bits per heavy atom. The van der Waals surface area contributed by atoms with E-state index in [0.29, 0.717) is 25.2 Å². The number of benzene rings is 2. The van der Waals surface area contributed by atoms with Gasteiger partial charge in [0.25, 0.3) is 0 Å². The lowest BCUT2D eigenvalue weighted by Gasteiger charge is -2.36. The molecule has 2 aromatic carbocycles. The topological polar surface area (TPSA) is 86.0 Å². The molecule has 1 aromatic heterocycles. The zero-order chi connectivity index (χ0) is 21.3. The molecule has 0 unspecified atom stereocenters. The van der Waals surface area contributed by atoms with Gasteiger partial charge >= 0.3 is 11.9 Å². The molecule has 1 fully saturated rings. The highest BCUT2D eigenvalue weighted by molar-refractivity contribution is 5.96. The van der Waals surface area contributed by atoms with E-state index in [9.17, 15) is 19.8 Å². The minimum Gasteiger partial charge on any atom is -0.480 e. The lowest BCUT2D eigenvalue weighted by molar-refractivity contribution is -0.144. The van der Waals surface area contributed by atoms with Gasteiger partial charge in [0.05, 0.1) is 5.56 Å². The summed E-state index contributed by atoms with van der Waals surface area (Å²) < 4.78 is 1.96. The third-order valence-electron chi connectivity index (χ3n) is 5.79. The van der Waals surface area contributed by atoms with Crippen molar-refractivity contribution in [1.82, 2.24) is 14.4 Å². The van der Waals surface area contributed by atoms with Gasteiger partial charge in [0.15, 0.2) is 0 Å². The zero-order valence-electron chi connectivity index (χ0n) is 16.9. The Morgan fingerprint density at radius 3 is 2.33 bits per heavy atom. The maximum Gasteiger partial charge on any atom is 0.335 e. The predicted octanol–water partition coefficient (Wildman–Crippen LogP) is 2.76. The van der Waals surface area contributed by atoms with E-state index in [4.69, 9.17) is 0 Å². The molecular formula is C23H25N3O4. The molecule has 0 saturated carbocycles. The summed E-state index contributed by atoms with van der Waals surface area (Å²) in [5, 5.41) is 20.3. The van der Waals surface area contributed by atoms with Gasteiger partial charge in [-0.25, -0.2) is 4.79 Å². The number of rotatable bonds is 6. The second kappa shape index (κ2) is 8.30. The van der Waals surface area contributed by atoms with Gasteiger partial charge < -0.3 is 19.7 Å². The molecule has 1 atom stereocenters. The van der Waals surface area contributed by atoms with E-state index in [1.807, 2.05) is 53.0 Å². The molecule has 0 amide bonds. The molecule has 0 aliphatic carbocycles. The molecule has 0 radical (unpaired) electrons. The number of hydrogen-bond donors (Lipinski definition) is 2. The van der Waals surface area contributed by atoms with Crippen LogP contribution in [0.4, 0.5) is 0 Å². The van der Waals surface area contributed by atoms with Crippen LogP contribution in [-0.4, -0.2) is 69.7 Å². The number of likely N-dealkylation sites (N-methyl/N-ethyl adjacent to an activating group) is 1. The first-order chi connectivity index (χ1) is 14.4. The fourth-order valence-electron chi connectivity index (χ4n) is 4.15. The molecule has 3 aromatic rings. The Hall–Kier alpha value is -3.16. The van der Waals surface area contributed by atoms with Crippen LogP contribution in [0, 0.1) is 0 Å². The normalized spacial score (nSPS) is 16.6. The number of carbonyl (C=O) groups is 2. The van der Waals surface area contributed by atoms with E-state index >= 15 is 0 Å². The van der Waals surface area contributed by atoms with Crippen molar-refractivity contribution < 1.29 is 19.8 Å². The lowest BCUT2D eigenvalue weighted by Crippen LogP contribution is -2.47. The van der Waals surface area contributed by atoms with Crippen molar-refractivity contribution in [2.75, 3.05) is 33.2 Å². The van der Waals surface area contributed by atoms with Crippen LogP contribution in [0.5, 0.6) is 0 Å². The molecule has 2 heterocycles. The first kappa shape index (κ1) is 20.1. The van der Waals surface area contributed by atoms with Crippen LogP contribution in [0.1, 0.15) is 27.5 Å². The summed E-state index contributed by atoms with van der Waals surface area (Å²) in [5.74, 6) is -1.89. The summed E-state index contributed by atoms with van der Waals surface area (Å²) in [6.07, 6.45) is 1.88. The van der Waals surface area contributed by atoms with Crippen molar-refractivity contribution in [1.29, 1.82) is 0 Å². The van der Waals surface area contributed by atoms with Gasteiger partial charge in [0.2, 0.25) is 0 Å². The number of carboxylic acid groups (broad SMARTS) is 2. The smallest absolute Gasteiger partial charge is 0.335 e. The molecule has 0 spiro atoms. The molecule has 1 aliphatic rings. The van der Waals surface area contributed by atoms with Crippen LogP contribution in [0.15, 0.2) is 54.7 Å². The molecule has 4 rings (SSSR count). The van der Waals surface area contributed by atoms with Gasteiger partial charge in [-0.15, -0.1) is 0 Å². The molecule has 2 N–H and O–H groups in total. The molecule has 0 bridgehead atoms. The molecule has 1 saturated heterocycles. The van der Waals surface area contributed by atoms with Gasteiger partial charge in [-0.05, 0) is 24.7 Å². The van der Waals surface area contributed by atoms with Crippen LogP contribution in [-0.2, 0) is 11.3 Å². The summed E-state index contributed by atoms with van der Waals surface area (Å²) in [5.41, 5.74) is 2.69. The second-order valence-electron chi connectivity index (χ2n) is 7.82. The number of aromatic carboxylic acids is 1. The number of fused-ring (bicyclic) bond motifs is 1. The van der Waals surface area contributed by atoms with E-state index < -0.39 is 18.0 Å². The molecule has 156 valence electrons. The maximum atomic E-state index is 12.3. The summed E-state index contributed by atoms with van der Waals surface area (Å²) in [4.78, 5) is 28.0. The Morgan fingerprint density at radius 2 is 1.70 bits per heavy atom. The van der Waals surface area contributed by atoms with Gasteiger partial charge in [-0.2, -0.15) is 0 Å². The fourth-order valence-corrected chi connectivity index (χ4v) is 4.15. The summed E-state index contributed by atoms with van der Waals surface area (Å²) in [6.45, 7) is 3.51. The Kier molecular flexibility index (Phi) is 5.57. The van der Waals surface area contributed by atoms with E-state index in [0.717, 1.165) is 29.6 Å². The number of hydrogen-bond acceptors (Lipinski definition) is 4. The molecular weight excluding hydrogens is 382 g/mol. The summed E-state index contributed by atoms with van der Waals surface area (Å²) in [6, 6.07) is 14.0. The number of aromatic nitrogens is 1. The number of piperazine rings is 1. The van der Waals surface area contributed by atoms with Crippen LogP contribution < -0.4 is 0 Å². The summed E-state index contributed by atoms with van der Waals surface area (Å²) >= 11 is 0. The highest BCUT2D eigenvalue weighted by Gasteiger charge is 2.32. The van der Waals surface area contributed by atoms with Crippen molar-refractivity contribution in [3.05, 3.63) is 71.4 Å². The Labute approximate surface area is 174 Å². The van der Waals surface area contributed by atoms with Gasteiger partial charge in [0.1, 0.15) is 6.04 Å². The summed E-state index contributed by atoms with van der Waals surface area (Å²) in [7, 11) is 2.03. The van der Waals surface area contributed by atoms with Crippen molar-refractivity contribution in [3.63, 3.8) is 0 Å². The number of carboxylic acids is 2. The SMILES string of the molecule is CN1CCN([C@H](C(=O)O)c2cn(Cc3ccccc3)c3cc(C(=O)O)ccc23)CC1. The molecule has 30 heavy (non-hydrogen) atoms. The molecule has 7 heteroatoms. The highest BCUT2D eigenvalue weighted by Crippen LogP contribution is 2.32. The monoisotopic (exact) mass is 407 g/mol. The van der Waals surface area contributed by atoms with Crippen molar-refractivity contribution >= 4 is 22.8 Å². The maximum absolute atomic E-state index is 12.3. The van der Waals surface area contributed by atoms with E-state index in [2.05, 4.69) is 4.90 Å². The molecule has 1 aliphatic heterocycles. The number of aliphatic carboxylic acids is 1. The average Bonchev–Trinajstić information content (AvgIpc) is 3.07. The minimum atomic E-state index is -1.00. The zero-order valence-corrected chi connectivity index (χ0v) is 16.9. The quantitative estimate of drug-likeness (QED) is 0.654. The minimum absolute atomic E-state index is 0.188. The van der Waals surface area contributed by atoms with Crippen molar-refractivity contribution in [2.45, 2.75) is 12.6 Å². The van der Waals surface area contributed by atoms with E-state index in [1.54, 1.807) is 18.2 Å². The van der Waals surface area contributed by atoms with Gasteiger partial charge in [0, 0.05) is 55.4 Å².